The van der Waals surface area contributed by atoms with E-state index < -0.39 is 6.10 Å². The number of hydrogen-bond acceptors (Lipinski definition) is 8. The lowest BCUT2D eigenvalue weighted by Gasteiger charge is -2.20. The molecule has 3 atom stereocenters. The zero-order chi connectivity index (χ0) is 20.5. The molecule has 0 radical (unpaired) electrons. The lowest BCUT2D eigenvalue weighted by atomic mass is 10.1. The fourth-order valence-electron chi connectivity index (χ4n) is 3.63. The van der Waals surface area contributed by atoms with Crippen molar-refractivity contribution in [3.05, 3.63) is 29.4 Å². The van der Waals surface area contributed by atoms with Gasteiger partial charge in [0.05, 0.1) is 27.9 Å². The summed E-state index contributed by atoms with van der Waals surface area (Å²) in [7, 11) is 0. The number of nitrogens with zero attached hydrogens (tertiary/aromatic N) is 3. The number of para-hydroxylation sites is 1. The molecule has 1 aliphatic rings. The summed E-state index contributed by atoms with van der Waals surface area (Å²) in [4.78, 5) is 13.8. The number of aliphatic hydroxyl groups is 2. The second-order valence-corrected chi connectivity index (χ2v) is 9.07. The van der Waals surface area contributed by atoms with E-state index >= 15 is 0 Å². The fourth-order valence-corrected chi connectivity index (χ4v) is 4.95. The zero-order valence-electron chi connectivity index (χ0n) is 16.3. The molecule has 4 rings (SSSR count). The predicted octanol–water partition coefficient (Wildman–Crippen LogP) is 3.77. The minimum atomic E-state index is -0.564. The molecular formula is C20H24ClN5O2S. The molecule has 1 aromatic carbocycles. The number of nitrogens with one attached hydrogen (secondary N) is 2. The van der Waals surface area contributed by atoms with Gasteiger partial charge < -0.3 is 20.8 Å². The average Bonchev–Trinajstić information content (AvgIpc) is 3.24. The number of aliphatic hydroxyl groups excluding tert-OH is 2. The summed E-state index contributed by atoms with van der Waals surface area (Å²) in [5, 5.41) is 27.5. The molecule has 0 unspecified atom stereocenters. The Hall–Kier alpha value is -2.00. The fraction of sp³-hybridized carbons (Fsp3) is 0.450. The molecule has 1 aliphatic carbocycles. The summed E-state index contributed by atoms with van der Waals surface area (Å²) in [6.45, 7) is 4.06. The average molecular weight is 434 g/mol. The third-order valence-electron chi connectivity index (χ3n) is 5.00. The van der Waals surface area contributed by atoms with E-state index in [1.165, 1.54) is 11.3 Å². The van der Waals surface area contributed by atoms with E-state index in [4.69, 9.17) is 16.6 Å². The van der Waals surface area contributed by atoms with Crippen LogP contribution in [0.1, 0.15) is 26.7 Å². The van der Waals surface area contributed by atoms with Crippen LogP contribution in [0.3, 0.4) is 0 Å². The van der Waals surface area contributed by atoms with Gasteiger partial charge in [0, 0.05) is 12.6 Å². The van der Waals surface area contributed by atoms with Gasteiger partial charge in [-0.15, -0.1) is 11.3 Å². The number of benzene rings is 1. The normalized spacial score (nSPS) is 21.8. The topological polar surface area (TPSA) is 103 Å². The van der Waals surface area contributed by atoms with Gasteiger partial charge in [-0.3, -0.25) is 0 Å². The third kappa shape index (κ3) is 4.30. The van der Waals surface area contributed by atoms with Crippen molar-refractivity contribution >= 4 is 44.9 Å². The Kier molecular flexibility index (Phi) is 5.87. The van der Waals surface area contributed by atoms with Crippen molar-refractivity contribution in [1.82, 2.24) is 15.0 Å². The summed E-state index contributed by atoms with van der Waals surface area (Å²) >= 11 is 8.11. The van der Waals surface area contributed by atoms with Gasteiger partial charge in [0.25, 0.3) is 0 Å². The van der Waals surface area contributed by atoms with Crippen molar-refractivity contribution in [2.24, 2.45) is 5.92 Å². The number of rotatable bonds is 6. The summed E-state index contributed by atoms with van der Waals surface area (Å²) in [6, 6.07) is 7.81. The van der Waals surface area contributed by atoms with E-state index in [9.17, 15) is 10.2 Å². The quantitative estimate of drug-likeness (QED) is 0.439. The molecule has 9 heteroatoms. The van der Waals surface area contributed by atoms with Crippen LogP contribution in [0.2, 0.25) is 5.15 Å². The standard InChI is InChI=1S/C20H24ClN5O2S/c1-10(2)22-20-25-17(21)16(19-24-12-5-3-4-6-15(12)29-19)18(26-20)23-13-7-11(9-27)8-14(13)28/h3-6,10-11,13-14,27-28H,7-9H2,1-2H3,(H2,22,23,25,26)/t11-,13+,14+/m0/s1. The van der Waals surface area contributed by atoms with Crippen LogP contribution in [0.4, 0.5) is 11.8 Å². The van der Waals surface area contributed by atoms with E-state index in [-0.39, 0.29) is 24.6 Å². The largest absolute Gasteiger partial charge is 0.396 e. The number of fused-ring (bicyclic) bond motifs is 1. The lowest BCUT2D eigenvalue weighted by molar-refractivity contribution is 0.157. The molecule has 29 heavy (non-hydrogen) atoms. The van der Waals surface area contributed by atoms with Crippen LogP contribution in [-0.4, -0.2) is 50.0 Å². The molecule has 0 aliphatic heterocycles. The number of thiazole rings is 1. The highest BCUT2D eigenvalue weighted by atomic mass is 35.5. The highest BCUT2D eigenvalue weighted by molar-refractivity contribution is 7.21. The maximum absolute atomic E-state index is 10.4. The maximum atomic E-state index is 10.4. The SMILES string of the molecule is CC(C)Nc1nc(Cl)c(-c2nc3ccccc3s2)c(N[C@@H]2C[C@H](CO)C[C@H]2O)n1. The van der Waals surface area contributed by atoms with Crippen LogP contribution in [0.25, 0.3) is 20.8 Å². The monoisotopic (exact) mass is 433 g/mol. The van der Waals surface area contributed by atoms with Crippen LogP contribution >= 0.6 is 22.9 Å². The van der Waals surface area contributed by atoms with Gasteiger partial charge in [-0.25, -0.2) is 9.97 Å². The van der Waals surface area contributed by atoms with E-state index in [1.807, 2.05) is 38.1 Å². The Morgan fingerprint density at radius 2 is 2.00 bits per heavy atom. The minimum Gasteiger partial charge on any atom is -0.396 e. The van der Waals surface area contributed by atoms with Crippen LogP contribution in [0.5, 0.6) is 0 Å². The number of anilines is 2. The van der Waals surface area contributed by atoms with E-state index in [1.54, 1.807) is 0 Å². The van der Waals surface area contributed by atoms with Gasteiger partial charge in [-0.1, -0.05) is 23.7 Å². The smallest absolute Gasteiger partial charge is 0.226 e. The van der Waals surface area contributed by atoms with Crippen molar-refractivity contribution in [3.63, 3.8) is 0 Å². The molecule has 0 amide bonds. The second kappa shape index (κ2) is 8.39. The van der Waals surface area contributed by atoms with Gasteiger partial charge >= 0.3 is 0 Å². The van der Waals surface area contributed by atoms with E-state index in [2.05, 4.69) is 20.6 Å². The van der Waals surface area contributed by atoms with Crippen LogP contribution in [0, 0.1) is 5.92 Å². The first-order valence-corrected chi connectivity index (χ1v) is 10.9. The molecule has 2 aromatic heterocycles. The second-order valence-electron chi connectivity index (χ2n) is 7.69. The van der Waals surface area contributed by atoms with E-state index in [0.717, 1.165) is 15.2 Å². The predicted molar refractivity (Wildman–Crippen MR) is 118 cm³/mol. The molecule has 7 nitrogen and oxygen atoms in total. The van der Waals surface area contributed by atoms with Gasteiger partial charge in [0.1, 0.15) is 16.0 Å². The Morgan fingerprint density at radius 3 is 2.69 bits per heavy atom. The number of hydrogen-bond donors (Lipinski definition) is 4. The number of halogens is 1. The molecule has 1 saturated carbocycles. The number of aromatic nitrogens is 3. The molecule has 2 heterocycles. The third-order valence-corrected chi connectivity index (χ3v) is 6.32. The Balaban J connectivity index is 1.76. The van der Waals surface area contributed by atoms with Crippen molar-refractivity contribution in [3.8, 4) is 10.6 Å². The van der Waals surface area contributed by atoms with Gasteiger partial charge in [0.2, 0.25) is 5.95 Å². The Bertz CT molecular complexity index is 979. The van der Waals surface area contributed by atoms with Crippen LogP contribution in [-0.2, 0) is 0 Å². The van der Waals surface area contributed by atoms with Crippen molar-refractivity contribution in [1.29, 1.82) is 0 Å². The molecular weight excluding hydrogens is 410 g/mol. The highest BCUT2D eigenvalue weighted by Gasteiger charge is 2.34. The Morgan fingerprint density at radius 1 is 1.21 bits per heavy atom. The molecule has 0 saturated heterocycles. The van der Waals surface area contributed by atoms with Crippen molar-refractivity contribution in [2.45, 2.75) is 44.9 Å². The zero-order valence-corrected chi connectivity index (χ0v) is 17.8. The highest BCUT2D eigenvalue weighted by Crippen LogP contribution is 2.39. The van der Waals surface area contributed by atoms with Crippen LogP contribution in [0.15, 0.2) is 24.3 Å². The molecule has 4 N–H and O–H groups in total. The molecule has 0 spiro atoms. The summed E-state index contributed by atoms with van der Waals surface area (Å²) in [5.74, 6) is 1.03. The first-order valence-electron chi connectivity index (χ1n) is 9.70. The van der Waals surface area contributed by atoms with Crippen molar-refractivity contribution < 1.29 is 10.2 Å². The first-order chi connectivity index (χ1) is 13.9. The van der Waals surface area contributed by atoms with Gasteiger partial charge in [-0.05, 0) is 44.7 Å². The maximum Gasteiger partial charge on any atom is 0.226 e. The molecule has 0 bridgehead atoms. The lowest BCUT2D eigenvalue weighted by Crippen LogP contribution is -2.29. The molecule has 154 valence electrons. The first kappa shape index (κ1) is 20.3. The summed E-state index contributed by atoms with van der Waals surface area (Å²) in [5.41, 5.74) is 1.52. The molecule has 1 fully saturated rings. The van der Waals surface area contributed by atoms with E-state index in [0.29, 0.717) is 35.3 Å². The summed E-state index contributed by atoms with van der Waals surface area (Å²) < 4.78 is 1.05. The summed E-state index contributed by atoms with van der Waals surface area (Å²) in [6.07, 6.45) is 0.650. The van der Waals surface area contributed by atoms with Gasteiger partial charge in [-0.2, -0.15) is 4.98 Å². The van der Waals surface area contributed by atoms with Gasteiger partial charge in [0.15, 0.2) is 0 Å². The van der Waals surface area contributed by atoms with Crippen molar-refractivity contribution in [2.75, 3.05) is 17.2 Å². The minimum absolute atomic E-state index is 0.0602. The Labute approximate surface area is 178 Å². The molecule has 3 aromatic rings. The van der Waals surface area contributed by atoms with Crippen LogP contribution < -0.4 is 10.6 Å².